The van der Waals surface area contributed by atoms with Crippen LogP contribution in [0.5, 0.6) is 0 Å². The molecule has 2 aromatic rings. The van der Waals surface area contributed by atoms with E-state index >= 15 is 0 Å². The molecule has 0 aliphatic carbocycles. The molecule has 0 aromatic heterocycles. The van der Waals surface area contributed by atoms with Crippen LogP contribution >= 0.6 is 39.1 Å². The summed E-state index contributed by atoms with van der Waals surface area (Å²) in [7, 11) is 0. The number of benzene rings is 2. The summed E-state index contributed by atoms with van der Waals surface area (Å²) < 4.78 is 0.802. The molecular formula is C16H16BrCl2N. The van der Waals surface area contributed by atoms with Gasteiger partial charge in [0.05, 0.1) is 15.7 Å². The van der Waals surface area contributed by atoms with Crippen molar-refractivity contribution >= 4 is 44.8 Å². The van der Waals surface area contributed by atoms with Crippen LogP contribution in [0.1, 0.15) is 30.9 Å². The number of hydrogen-bond acceptors (Lipinski definition) is 1. The van der Waals surface area contributed by atoms with Crippen molar-refractivity contribution in [1.29, 1.82) is 0 Å². The lowest BCUT2D eigenvalue weighted by Crippen LogP contribution is -2.00. The van der Waals surface area contributed by atoms with Crippen molar-refractivity contribution in [2.75, 3.05) is 5.32 Å². The first-order valence-corrected chi connectivity index (χ1v) is 8.00. The van der Waals surface area contributed by atoms with Gasteiger partial charge in [-0.05, 0) is 45.1 Å². The minimum atomic E-state index is 0.534. The number of rotatable bonds is 4. The molecule has 106 valence electrons. The molecule has 0 unspecified atom stereocenters. The summed E-state index contributed by atoms with van der Waals surface area (Å²) in [6.45, 7) is 5.10. The Bertz CT molecular complexity index is 594. The molecule has 0 saturated heterocycles. The van der Waals surface area contributed by atoms with Crippen molar-refractivity contribution in [1.82, 2.24) is 0 Å². The normalized spacial score (nSPS) is 10.9. The average molecular weight is 373 g/mol. The van der Waals surface area contributed by atoms with Gasteiger partial charge in [0.1, 0.15) is 0 Å². The van der Waals surface area contributed by atoms with E-state index < -0.39 is 0 Å². The highest BCUT2D eigenvalue weighted by Crippen LogP contribution is 2.35. The minimum Gasteiger partial charge on any atom is -0.380 e. The van der Waals surface area contributed by atoms with Crippen LogP contribution in [0, 0.1) is 0 Å². The van der Waals surface area contributed by atoms with Gasteiger partial charge in [0.15, 0.2) is 0 Å². The number of nitrogens with one attached hydrogen (secondary N) is 1. The van der Waals surface area contributed by atoms with Gasteiger partial charge in [-0.15, -0.1) is 0 Å². The summed E-state index contributed by atoms with van der Waals surface area (Å²) in [6.07, 6.45) is 0. The second kappa shape index (κ2) is 6.84. The zero-order chi connectivity index (χ0) is 14.7. The van der Waals surface area contributed by atoms with Crippen molar-refractivity contribution in [2.45, 2.75) is 26.3 Å². The maximum absolute atomic E-state index is 6.21. The molecule has 1 N–H and O–H groups in total. The van der Waals surface area contributed by atoms with Crippen molar-refractivity contribution in [3.63, 3.8) is 0 Å². The zero-order valence-corrected chi connectivity index (χ0v) is 14.5. The Kier molecular flexibility index (Phi) is 5.36. The smallest absolute Gasteiger partial charge is 0.0835 e. The third kappa shape index (κ3) is 3.69. The van der Waals surface area contributed by atoms with Gasteiger partial charge in [-0.1, -0.05) is 61.3 Å². The van der Waals surface area contributed by atoms with E-state index in [2.05, 4.69) is 59.4 Å². The molecule has 0 saturated carbocycles. The van der Waals surface area contributed by atoms with Crippen LogP contribution in [-0.2, 0) is 6.54 Å². The first-order valence-electron chi connectivity index (χ1n) is 6.45. The van der Waals surface area contributed by atoms with E-state index in [9.17, 15) is 0 Å². The van der Waals surface area contributed by atoms with Crippen LogP contribution in [0.3, 0.4) is 0 Å². The summed E-state index contributed by atoms with van der Waals surface area (Å²) in [5.41, 5.74) is 3.40. The Morgan fingerprint density at radius 2 is 1.65 bits per heavy atom. The molecule has 20 heavy (non-hydrogen) atoms. The van der Waals surface area contributed by atoms with Gasteiger partial charge >= 0.3 is 0 Å². The molecule has 4 heteroatoms. The largest absolute Gasteiger partial charge is 0.380 e. The number of anilines is 1. The molecule has 0 aliphatic heterocycles. The molecule has 0 spiro atoms. The SMILES string of the molecule is CC(C)c1ccc(CNc2ccc(Br)c(Cl)c2Cl)cc1. The van der Waals surface area contributed by atoms with Gasteiger partial charge in [0, 0.05) is 11.0 Å². The second-order valence-corrected chi connectivity index (χ2v) is 6.58. The minimum absolute atomic E-state index is 0.534. The van der Waals surface area contributed by atoms with Gasteiger partial charge in [-0.25, -0.2) is 0 Å². The molecule has 0 fully saturated rings. The summed E-state index contributed by atoms with van der Waals surface area (Å²) >= 11 is 15.7. The van der Waals surface area contributed by atoms with Crippen LogP contribution in [0.25, 0.3) is 0 Å². The van der Waals surface area contributed by atoms with Gasteiger partial charge in [0.25, 0.3) is 0 Å². The van der Waals surface area contributed by atoms with Crippen LogP contribution < -0.4 is 5.32 Å². The first kappa shape index (κ1) is 15.7. The molecule has 0 heterocycles. The predicted molar refractivity (Wildman–Crippen MR) is 92.0 cm³/mol. The zero-order valence-electron chi connectivity index (χ0n) is 11.4. The fourth-order valence-electron chi connectivity index (χ4n) is 1.88. The average Bonchev–Trinajstić information content (AvgIpc) is 2.44. The summed E-state index contributed by atoms with van der Waals surface area (Å²) in [4.78, 5) is 0. The van der Waals surface area contributed by atoms with Crippen molar-refractivity contribution in [2.24, 2.45) is 0 Å². The maximum atomic E-state index is 6.21. The quantitative estimate of drug-likeness (QED) is 0.604. The molecule has 0 atom stereocenters. The fraction of sp³-hybridized carbons (Fsp3) is 0.250. The molecule has 0 aliphatic rings. The van der Waals surface area contributed by atoms with E-state index in [1.807, 2.05) is 12.1 Å². The standard InChI is InChI=1S/C16H16BrCl2N/c1-10(2)12-5-3-11(4-6-12)9-20-14-8-7-13(17)15(18)16(14)19/h3-8,10,20H,9H2,1-2H3. The number of hydrogen-bond donors (Lipinski definition) is 1. The van der Waals surface area contributed by atoms with Crippen LogP contribution in [-0.4, -0.2) is 0 Å². The highest BCUT2D eigenvalue weighted by molar-refractivity contribution is 9.10. The lowest BCUT2D eigenvalue weighted by atomic mass is 10.0. The van der Waals surface area contributed by atoms with E-state index in [1.54, 1.807) is 0 Å². The van der Waals surface area contributed by atoms with E-state index in [-0.39, 0.29) is 0 Å². The molecular weight excluding hydrogens is 357 g/mol. The van der Waals surface area contributed by atoms with Gasteiger partial charge in [-0.2, -0.15) is 0 Å². The van der Waals surface area contributed by atoms with E-state index in [4.69, 9.17) is 23.2 Å². The van der Waals surface area contributed by atoms with Crippen LogP contribution in [0.2, 0.25) is 10.0 Å². The van der Waals surface area contributed by atoms with Crippen LogP contribution in [0.4, 0.5) is 5.69 Å². The molecule has 0 bridgehead atoms. The molecule has 0 amide bonds. The molecule has 0 radical (unpaired) electrons. The molecule has 2 aromatic carbocycles. The molecule has 2 rings (SSSR count). The number of halogens is 3. The van der Waals surface area contributed by atoms with Crippen LogP contribution in [0.15, 0.2) is 40.9 Å². The third-order valence-electron chi connectivity index (χ3n) is 3.16. The Balaban J connectivity index is 2.07. The monoisotopic (exact) mass is 371 g/mol. The van der Waals surface area contributed by atoms with Gasteiger partial charge in [-0.3, -0.25) is 0 Å². The van der Waals surface area contributed by atoms with Gasteiger partial charge in [0.2, 0.25) is 0 Å². The highest BCUT2D eigenvalue weighted by Gasteiger charge is 2.08. The molecule has 1 nitrogen and oxygen atoms in total. The predicted octanol–water partition coefficient (Wildman–Crippen LogP) is 6.49. The lowest BCUT2D eigenvalue weighted by molar-refractivity contribution is 0.865. The van der Waals surface area contributed by atoms with E-state index in [0.29, 0.717) is 16.0 Å². The lowest BCUT2D eigenvalue weighted by Gasteiger charge is -2.11. The topological polar surface area (TPSA) is 12.0 Å². The summed E-state index contributed by atoms with van der Waals surface area (Å²) in [5.74, 6) is 0.553. The van der Waals surface area contributed by atoms with Crippen molar-refractivity contribution < 1.29 is 0 Å². The Hall–Kier alpha value is -0.700. The fourth-order valence-corrected chi connectivity index (χ4v) is 2.72. The summed E-state index contributed by atoms with van der Waals surface area (Å²) in [5, 5.41) is 4.38. The summed E-state index contributed by atoms with van der Waals surface area (Å²) in [6, 6.07) is 12.4. The Morgan fingerprint density at radius 3 is 2.25 bits per heavy atom. The Morgan fingerprint density at radius 1 is 1.00 bits per heavy atom. The first-order chi connectivity index (χ1) is 9.49. The van der Waals surface area contributed by atoms with E-state index in [1.165, 1.54) is 11.1 Å². The maximum Gasteiger partial charge on any atom is 0.0835 e. The second-order valence-electron chi connectivity index (χ2n) is 4.97. The van der Waals surface area contributed by atoms with Crippen molar-refractivity contribution in [3.8, 4) is 0 Å². The Labute approximate surface area is 138 Å². The van der Waals surface area contributed by atoms with E-state index in [0.717, 1.165) is 16.7 Å². The van der Waals surface area contributed by atoms with Crippen molar-refractivity contribution in [3.05, 3.63) is 62.0 Å². The third-order valence-corrected chi connectivity index (χ3v) is 4.94. The van der Waals surface area contributed by atoms with Gasteiger partial charge < -0.3 is 5.32 Å². The highest BCUT2D eigenvalue weighted by atomic mass is 79.9.